The summed E-state index contributed by atoms with van der Waals surface area (Å²) in [6.07, 6.45) is 2.04. The molecule has 0 radical (unpaired) electrons. The summed E-state index contributed by atoms with van der Waals surface area (Å²) in [4.78, 5) is 21.0. The van der Waals surface area contributed by atoms with Crippen LogP contribution in [0.2, 0.25) is 0 Å². The van der Waals surface area contributed by atoms with E-state index >= 15 is 0 Å². The summed E-state index contributed by atoms with van der Waals surface area (Å²) in [6, 6.07) is 8.14. The number of rotatable bonds is 4. The molecule has 0 spiro atoms. The maximum Gasteiger partial charge on any atom is 0.263 e. The Bertz CT molecular complexity index is 936. The lowest BCUT2D eigenvalue weighted by Crippen LogP contribution is -2.49. The van der Waals surface area contributed by atoms with Gasteiger partial charge in [0.05, 0.1) is 18.1 Å². The number of nitrogens with one attached hydrogen (secondary N) is 1. The maximum atomic E-state index is 14.3. The van der Waals surface area contributed by atoms with E-state index in [0.717, 1.165) is 28.7 Å². The van der Waals surface area contributed by atoms with Crippen molar-refractivity contribution in [1.29, 1.82) is 0 Å². The molecule has 2 aliphatic rings. The normalized spacial score (nSPS) is 24.0. The molecule has 7 heteroatoms. The van der Waals surface area contributed by atoms with Gasteiger partial charge in [-0.3, -0.25) is 9.78 Å². The third kappa shape index (κ3) is 6.44. The minimum atomic E-state index is -2.81. The Morgan fingerprint density at radius 2 is 1.88 bits per heavy atom. The van der Waals surface area contributed by atoms with E-state index < -0.39 is 11.8 Å². The van der Waals surface area contributed by atoms with Crippen molar-refractivity contribution in [3.05, 3.63) is 36.0 Å². The molecule has 3 heterocycles. The monoisotopic (exact) mass is 476 g/mol. The standard InChI is InChI=1S/C23H30F2N4O.2C2H6/c1-15-6-7-20(18-5-4-9-26-22(15)18)29-12-16(2)19(13-29)27-21(30)11-17-8-10-28(3)14-23(17,24)25;2*1-2/h4-7,9,16-17,19H,8,10-14H2,1-3H3,(H,27,30);2*1-2H3. The lowest BCUT2D eigenvalue weighted by atomic mass is 9.89. The summed E-state index contributed by atoms with van der Waals surface area (Å²) >= 11 is 0. The Morgan fingerprint density at radius 3 is 2.56 bits per heavy atom. The number of amides is 1. The molecular weight excluding hydrogens is 434 g/mol. The highest BCUT2D eigenvalue weighted by atomic mass is 19.3. The first-order valence-electron chi connectivity index (χ1n) is 12.7. The molecule has 0 aliphatic carbocycles. The summed E-state index contributed by atoms with van der Waals surface area (Å²) in [5.41, 5.74) is 3.22. The first kappa shape index (κ1) is 28.0. The minimum absolute atomic E-state index is 0.0505. The van der Waals surface area contributed by atoms with Gasteiger partial charge in [0.1, 0.15) is 0 Å². The number of halogens is 2. The van der Waals surface area contributed by atoms with E-state index in [1.54, 1.807) is 18.1 Å². The van der Waals surface area contributed by atoms with Gasteiger partial charge < -0.3 is 15.1 Å². The molecule has 0 bridgehead atoms. The van der Waals surface area contributed by atoms with Gasteiger partial charge in [-0.1, -0.05) is 40.7 Å². The van der Waals surface area contributed by atoms with Crippen LogP contribution >= 0.6 is 0 Å². The van der Waals surface area contributed by atoms with Gasteiger partial charge >= 0.3 is 0 Å². The van der Waals surface area contributed by atoms with Crippen LogP contribution in [0.4, 0.5) is 14.5 Å². The van der Waals surface area contributed by atoms with Crippen molar-refractivity contribution < 1.29 is 13.6 Å². The van der Waals surface area contributed by atoms with Crippen molar-refractivity contribution in [3.63, 3.8) is 0 Å². The highest BCUT2D eigenvalue weighted by molar-refractivity contribution is 5.94. The van der Waals surface area contributed by atoms with Crippen LogP contribution < -0.4 is 10.2 Å². The first-order chi connectivity index (χ1) is 16.2. The second kappa shape index (κ2) is 12.4. The number of aromatic nitrogens is 1. The van der Waals surface area contributed by atoms with Crippen molar-refractivity contribution >= 4 is 22.5 Å². The average Bonchev–Trinajstić information content (AvgIpc) is 3.18. The number of hydrogen-bond donors (Lipinski definition) is 1. The fourth-order valence-corrected chi connectivity index (χ4v) is 4.82. The second-order valence-electron chi connectivity index (χ2n) is 9.05. The Hall–Kier alpha value is -2.28. The molecule has 3 atom stereocenters. The lowest BCUT2D eigenvalue weighted by Gasteiger charge is -2.36. The number of fused-ring (bicyclic) bond motifs is 1. The van der Waals surface area contributed by atoms with Crippen LogP contribution in [-0.2, 0) is 4.79 Å². The number of pyridine rings is 1. The SMILES string of the molecule is CC.CC.Cc1ccc(N2CC(C)C(NC(=O)CC3CCN(C)CC3(F)F)C2)c2cccnc12. The molecule has 2 aromatic rings. The zero-order valence-electron chi connectivity index (χ0n) is 21.9. The smallest absolute Gasteiger partial charge is 0.263 e. The summed E-state index contributed by atoms with van der Waals surface area (Å²) in [7, 11) is 1.70. The molecule has 190 valence electrons. The van der Waals surface area contributed by atoms with Crippen LogP contribution in [0.1, 0.15) is 53.0 Å². The summed E-state index contributed by atoms with van der Waals surface area (Å²) in [5, 5.41) is 4.14. The Morgan fingerprint density at radius 1 is 1.18 bits per heavy atom. The van der Waals surface area contributed by atoms with Gasteiger partial charge in [0, 0.05) is 42.7 Å². The van der Waals surface area contributed by atoms with Gasteiger partial charge in [-0.05, 0) is 56.6 Å². The molecule has 0 saturated carbocycles. The fourth-order valence-electron chi connectivity index (χ4n) is 4.82. The van der Waals surface area contributed by atoms with E-state index in [-0.39, 0.29) is 30.8 Å². The second-order valence-corrected chi connectivity index (χ2v) is 9.05. The predicted molar refractivity (Wildman–Crippen MR) is 138 cm³/mol. The van der Waals surface area contributed by atoms with E-state index in [9.17, 15) is 13.6 Å². The first-order valence-corrected chi connectivity index (χ1v) is 12.7. The van der Waals surface area contributed by atoms with E-state index in [4.69, 9.17) is 0 Å². The Kier molecular flexibility index (Phi) is 10.2. The topological polar surface area (TPSA) is 48.5 Å². The van der Waals surface area contributed by atoms with Crippen molar-refractivity contribution in [2.45, 2.75) is 66.3 Å². The molecular formula is C27H42F2N4O. The van der Waals surface area contributed by atoms with E-state index in [2.05, 4.69) is 40.3 Å². The molecule has 2 aliphatic heterocycles. The molecule has 1 aromatic carbocycles. The third-order valence-electron chi connectivity index (χ3n) is 6.62. The number of hydrogen-bond acceptors (Lipinski definition) is 4. The van der Waals surface area contributed by atoms with Crippen molar-refractivity contribution in [3.8, 4) is 0 Å². The zero-order chi connectivity index (χ0) is 25.5. The summed E-state index contributed by atoms with van der Waals surface area (Å²) < 4.78 is 28.6. The quantitative estimate of drug-likeness (QED) is 0.632. The van der Waals surface area contributed by atoms with Crippen molar-refractivity contribution in [2.75, 3.05) is 38.1 Å². The molecule has 5 nitrogen and oxygen atoms in total. The number of carbonyl (C=O) groups excluding carboxylic acids is 1. The number of carbonyl (C=O) groups is 1. The lowest BCUT2D eigenvalue weighted by molar-refractivity contribution is -0.135. The van der Waals surface area contributed by atoms with Gasteiger partial charge in [-0.25, -0.2) is 8.78 Å². The molecule has 34 heavy (non-hydrogen) atoms. The minimum Gasteiger partial charge on any atom is -0.369 e. The van der Waals surface area contributed by atoms with E-state index in [1.807, 2.05) is 40.7 Å². The summed E-state index contributed by atoms with van der Waals surface area (Å²) in [6.45, 7) is 14.0. The van der Waals surface area contributed by atoms with E-state index in [0.29, 0.717) is 19.5 Å². The highest BCUT2D eigenvalue weighted by Crippen LogP contribution is 2.35. The Balaban J connectivity index is 0.000000970. The number of aryl methyl sites for hydroxylation is 1. The highest BCUT2D eigenvalue weighted by Gasteiger charge is 2.44. The number of likely N-dealkylation sites (tertiary alicyclic amines) is 1. The van der Waals surface area contributed by atoms with Gasteiger partial charge in [0.25, 0.3) is 5.92 Å². The number of anilines is 1. The number of benzene rings is 1. The molecule has 1 amide bonds. The van der Waals surface area contributed by atoms with Crippen LogP contribution in [-0.4, -0.2) is 61.0 Å². The van der Waals surface area contributed by atoms with Crippen LogP contribution in [0, 0.1) is 18.8 Å². The molecule has 1 aromatic heterocycles. The largest absolute Gasteiger partial charge is 0.369 e. The maximum absolute atomic E-state index is 14.3. The number of piperidine rings is 1. The van der Waals surface area contributed by atoms with Crippen molar-refractivity contribution in [1.82, 2.24) is 15.2 Å². The average molecular weight is 477 g/mol. The van der Waals surface area contributed by atoms with Crippen LogP contribution in [0.25, 0.3) is 10.9 Å². The molecule has 3 unspecified atom stereocenters. The van der Waals surface area contributed by atoms with Gasteiger partial charge in [0.2, 0.25) is 5.91 Å². The zero-order valence-corrected chi connectivity index (χ0v) is 21.9. The van der Waals surface area contributed by atoms with Crippen LogP contribution in [0.5, 0.6) is 0 Å². The molecule has 2 saturated heterocycles. The molecule has 4 rings (SSSR count). The van der Waals surface area contributed by atoms with Crippen molar-refractivity contribution in [2.24, 2.45) is 11.8 Å². The van der Waals surface area contributed by atoms with Gasteiger partial charge in [-0.15, -0.1) is 0 Å². The summed E-state index contributed by atoms with van der Waals surface area (Å²) in [5.74, 6) is -3.72. The van der Waals surface area contributed by atoms with Crippen LogP contribution in [0.15, 0.2) is 30.5 Å². The fraction of sp³-hybridized carbons (Fsp3) is 0.630. The number of alkyl halides is 2. The Labute approximate surface area is 203 Å². The van der Waals surface area contributed by atoms with Gasteiger partial charge in [-0.2, -0.15) is 0 Å². The van der Waals surface area contributed by atoms with Gasteiger partial charge in [0.15, 0.2) is 0 Å². The number of nitrogens with zero attached hydrogens (tertiary/aromatic N) is 3. The predicted octanol–water partition coefficient (Wildman–Crippen LogP) is 5.51. The van der Waals surface area contributed by atoms with Crippen LogP contribution in [0.3, 0.4) is 0 Å². The molecule has 1 N–H and O–H groups in total. The van der Waals surface area contributed by atoms with E-state index in [1.165, 1.54) is 0 Å². The third-order valence-corrected chi connectivity index (χ3v) is 6.62. The molecule has 2 fully saturated rings.